The maximum atomic E-state index is 11.7. The number of carbonyl (C=O) groups is 1. The number of aromatic nitrogens is 3. The molecule has 1 saturated heterocycles. The lowest BCUT2D eigenvalue weighted by Gasteiger charge is -2.36. The Labute approximate surface area is 211 Å². The molecule has 7 nitrogen and oxygen atoms in total. The monoisotopic (exact) mass is 492 g/mol. The lowest BCUT2D eigenvalue weighted by Crippen LogP contribution is -2.35. The van der Waals surface area contributed by atoms with Gasteiger partial charge in [0.05, 0.1) is 11.1 Å². The van der Waals surface area contributed by atoms with Crippen molar-refractivity contribution in [2.45, 2.75) is 39.0 Å². The number of likely N-dealkylation sites (tertiary alicyclic amines) is 1. The van der Waals surface area contributed by atoms with Gasteiger partial charge in [-0.3, -0.25) is 4.79 Å². The molecule has 184 valence electrons. The Bertz CT molecular complexity index is 1280. The van der Waals surface area contributed by atoms with Gasteiger partial charge in [-0.05, 0) is 73.9 Å². The number of alkyl halides is 1. The van der Waals surface area contributed by atoms with E-state index in [2.05, 4.69) is 37.8 Å². The van der Waals surface area contributed by atoms with Crippen LogP contribution in [0, 0.1) is 5.41 Å². The highest BCUT2D eigenvalue weighted by Gasteiger charge is 2.32. The van der Waals surface area contributed by atoms with Gasteiger partial charge >= 0.3 is 0 Å². The van der Waals surface area contributed by atoms with Crippen molar-refractivity contribution in [1.82, 2.24) is 19.4 Å². The highest BCUT2D eigenvalue weighted by atomic mass is 35.5. The SMILES string of the molecule is Cn1c(-c2ccc(NC(=O)CCl)cc2)c(C2=CC[C@](C)(CN3CCCC3)CC2)c2c(N)ncnc21. The number of amides is 1. The fraction of sp³-hybridized carbons (Fsp3) is 0.444. The molecule has 1 amide bonds. The highest BCUT2D eigenvalue weighted by molar-refractivity contribution is 6.29. The van der Waals surface area contributed by atoms with Gasteiger partial charge in [-0.25, -0.2) is 9.97 Å². The zero-order valence-corrected chi connectivity index (χ0v) is 21.2. The predicted molar refractivity (Wildman–Crippen MR) is 143 cm³/mol. The van der Waals surface area contributed by atoms with Crippen LogP contribution in [0.4, 0.5) is 11.5 Å². The number of fused-ring (bicyclic) bond motifs is 1. The summed E-state index contributed by atoms with van der Waals surface area (Å²) in [6.45, 7) is 6.05. The van der Waals surface area contributed by atoms with Crippen molar-refractivity contribution in [3.8, 4) is 11.3 Å². The van der Waals surface area contributed by atoms with Crippen LogP contribution in [0.25, 0.3) is 27.9 Å². The Hall–Kier alpha value is -2.90. The maximum Gasteiger partial charge on any atom is 0.239 e. The van der Waals surface area contributed by atoms with Crippen molar-refractivity contribution >= 4 is 45.6 Å². The van der Waals surface area contributed by atoms with Crippen LogP contribution in [0.5, 0.6) is 0 Å². The summed E-state index contributed by atoms with van der Waals surface area (Å²) in [7, 11) is 2.03. The zero-order chi connectivity index (χ0) is 24.6. The normalized spacial score (nSPS) is 20.8. The molecule has 1 aliphatic heterocycles. The minimum Gasteiger partial charge on any atom is -0.383 e. The molecule has 0 saturated carbocycles. The number of aryl methyl sites for hydroxylation is 1. The second-order valence-electron chi connectivity index (χ2n) is 10.2. The number of nitrogen functional groups attached to an aromatic ring is 1. The van der Waals surface area contributed by atoms with Crippen LogP contribution in [-0.4, -0.2) is 50.9 Å². The first-order chi connectivity index (χ1) is 16.9. The van der Waals surface area contributed by atoms with Gasteiger partial charge in [-0.2, -0.15) is 0 Å². The lowest BCUT2D eigenvalue weighted by molar-refractivity contribution is -0.113. The smallest absolute Gasteiger partial charge is 0.239 e. The number of rotatable bonds is 6. The average molecular weight is 493 g/mol. The van der Waals surface area contributed by atoms with Gasteiger partial charge in [0.1, 0.15) is 23.7 Å². The van der Waals surface area contributed by atoms with Crippen molar-refractivity contribution in [1.29, 1.82) is 0 Å². The van der Waals surface area contributed by atoms with Crippen molar-refractivity contribution in [2.75, 3.05) is 36.6 Å². The van der Waals surface area contributed by atoms with Gasteiger partial charge < -0.3 is 20.5 Å². The fourth-order valence-corrected chi connectivity index (χ4v) is 5.76. The van der Waals surface area contributed by atoms with E-state index in [1.807, 2.05) is 31.3 Å². The van der Waals surface area contributed by atoms with E-state index >= 15 is 0 Å². The summed E-state index contributed by atoms with van der Waals surface area (Å²) in [5, 5.41) is 3.72. The first kappa shape index (κ1) is 23.8. The molecule has 3 heterocycles. The molecule has 1 fully saturated rings. The molecule has 0 unspecified atom stereocenters. The number of hydrogen-bond donors (Lipinski definition) is 2. The van der Waals surface area contributed by atoms with Crippen LogP contribution in [0.2, 0.25) is 0 Å². The summed E-state index contributed by atoms with van der Waals surface area (Å²) in [5.74, 6) is 0.207. The molecule has 3 N–H and O–H groups in total. The molecule has 1 aliphatic carbocycles. The summed E-state index contributed by atoms with van der Waals surface area (Å²) in [6.07, 6.45) is 9.77. The van der Waals surface area contributed by atoms with Crippen molar-refractivity contribution in [3.63, 3.8) is 0 Å². The molecular formula is C27H33ClN6O. The third kappa shape index (κ3) is 4.67. The lowest BCUT2D eigenvalue weighted by atomic mass is 9.74. The molecule has 2 aliphatic rings. The first-order valence-electron chi connectivity index (χ1n) is 12.4. The largest absolute Gasteiger partial charge is 0.383 e. The third-order valence-corrected chi connectivity index (χ3v) is 7.77. The van der Waals surface area contributed by atoms with E-state index in [0.717, 1.165) is 47.1 Å². The van der Waals surface area contributed by atoms with Gasteiger partial charge in [0.2, 0.25) is 5.91 Å². The number of nitrogens with one attached hydrogen (secondary N) is 1. The van der Waals surface area contributed by atoms with Crippen molar-refractivity contribution in [3.05, 3.63) is 42.2 Å². The Kier molecular flexibility index (Phi) is 6.55. The van der Waals surface area contributed by atoms with E-state index in [0.29, 0.717) is 16.9 Å². The van der Waals surface area contributed by atoms with Crippen LogP contribution < -0.4 is 11.1 Å². The molecule has 0 radical (unpaired) electrons. The van der Waals surface area contributed by atoms with Gasteiger partial charge in [-0.1, -0.05) is 25.1 Å². The molecule has 1 aromatic carbocycles. The third-order valence-electron chi connectivity index (χ3n) is 7.52. The van der Waals surface area contributed by atoms with Gasteiger partial charge in [-0.15, -0.1) is 11.6 Å². The van der Waals surface area contributed by atoms with Crippen molar-refractivity contribution in [2.24, 2.45) is 12.5 Å². The first-order valence-corrected chi connectivity index (χ1v) is 12.9. The minimum atomic E-state index is -0.225. The molecule has 3 aromatic rings. The number of benzene rings is 1. The molecule has 5 rings (SSSR count). The van der Waals surface area contributed by atoms with E-state index in [-0.39, 0.29) is 11.8 Å². The number of hydrogen-bond acceptors (Lipinski definition) is 5. The van der Waals surface area contributed by atoms with Gasteiger partial charge in [0, 0.05) is 24.8 Å². The van der Waals surface area contributed by atoms with Crippen LogP contribution in [-0.2, 0) is 11.8 Å². The van der Waals surface area contributed by atoms with Crippen LogP contribution in [0.1, 0.15) is 44.6 Å². The summed E-state index contributed by atoms with van der Waals surface area (Å²) < 4.78 is 2.11. The molecule has 8 heteroatoms. The Morgan fingerprint density at radius 1 is 1.20 bits per heavy atom. The van der Waals surface area contributed by atoms with E-state index in [1.54, 1.807) is 0 Å². The molecule has 2 aromatic heterocycles. The van der Waals surface area contributed by atoms with E-state index in [9.17, 15) is 4.79 Å². The minimum absolute atomic E-state index is 0.0715. The maximum absolute atomic E-state index is 11.7. The molecular weight excluding hydrogens is 460 g/mol. The molecule has 1 atom stereocenters. The van der Waals surface area contributed by atoms with E-state index < -0.39 is 0 Å². The van der Waals surface area contributed by atoms with Gasteiger partial charge in [0.15, 0.2) is 0 Å². The number of allylic oxidation sites excluding steroid dienone is 2. The summed E-state index contributed by atoms with van der Waals surface area (Å²) >= 11 is 5.63. The Morgan fingerprint density at radius 2 is 1.94 bits per heavy atom. The second-order valence-corrected chi connectivity index (χ2v) is 10.5. The Balaban J connectivity index is 1.54. The zero-order valence-electron chi connectivity index (χ0n) is 20.5. The predicted octanol–water partition coefficient (Wildman–Crippen LogP) is 5.06. The van der Waals surface area contributed by atoms with Crippen LogP contribution in [0.3, 0.4) is 0 Å². The van der Waals surface area contributed by atoms with Gasteiger partial charge in [0.25, 0.3) is 0 Å². The van der Waals surface area contributed by atoms with Crippen LogP contribution in [0.15, 0.2) is 36.7 Å². The highest BCUT2D eigenvalue weighted by Crippen LogP contribution is 2.45. The number of carbonyl (C=O) groups excluding carboxylic acids is 1. The Morgan fingerprint density at radius 3 is 2.60 bits per heavy atom. The number of halogens is 1. The molecule has 35 heavy (non-hydrogen) atoms. The second kappa shape index (κ2) is 9.63. The number of nitrogens with zero attached hydrogens (tertiary/aromatic N) is 4. The van der Waals surface area contributed by atoms with E-state index in [1.165, 1.54) is 44.4 Å². The number of nitrogens with two attached hydrogens (primary N) is 1. The fourth-order valence-electron chi connectivity index (χ4n) is 5.69. The number of anilines is 2. The standard InChI is InChI=1S/C27H33ClN6O/c1-27(16-34-13-3-4-14-34)11-9-18(10-12-27)22-23-25(29)30-17-31-26(23)33(2)24(22)19-5-7-20(8-6-19)32-21(35)15-28/h5-9,17H,3-4,10-16H2,1-2H3,(H,32,35)(H2,29,30,31)/t27-/m0/s1. The van der Waals surface area contributed by atoms with E-state index in [4.69, 9.17) is 17.3 Å². The average Bonchev–Trinajstić information content (AvgIpc) is 3.46. The quantitative estimate of drug-likeness (QED) is 0.469. The summed E-state index contributed by atoms with van der Waals surface area (Å²) in [6, 6.07) is 7.84. The van der Waals surface area contributed by atoms with Crippen molar-refractivity contribution < 1.29 is 4.79 Å². The summed E-state index contributed by atoms with van der Waals surface area (Å²) in [5.41, 5.74) is 12.8. The molecule has 0 bridgehead atoms. The molecule has 0 spiro atoms. The van der Waals surface area contributed by atoms with Crippen LogP contribution >= 0.6 is 11.6 Å². The summed E-state index contributed by atoms with van der Waals surface area (Å²) in [4.78, 5) is 23.2. The topological polar surface area (TPSA) is 89.1 Å².